The fourth-order valence-corrected chi connectivity index (χ4v) is 2.19. The average molecular weight is 282 g/mol. The van der Waals surface area contributed by atoms with Crippen molar-refractivity contribution in [3.05, 3.63) is 11.4 Å². The van der Waals surface area contributed by atoms with Gasteiger partial charge in [0.15, 0.2) is 6.10 Å². The zero-order chi connectivity index (χ0) is 14.9. The third-order valence-electron chi connectivity index (χ3n) is 3.29. The van der Waals surface area contributed by atoms with Crippen LogP contribution in [0.5, 0.6) is 0 Å². The first kappa shape index (κ1) is 14.3. The number of morpholine rings is 1. The molecule has 1 amide bonds. The molecule has 1 aromatic rings. The third kappa shape index (κ3) is 2.46. The lowest BCUT2D eigenvalue weighted by Crippen LogP contribution is -2.49. The molecule has 0 aromatic carbocycles. The van der Waals surface area contributed by atoms with E-state index in [0.29, 0.717) is 23.6 Å². The van der Waals surface area contributed by atoms with Crippen LogP contribution in [0.4, 0.5) is 5.69 Å². The molecule has 1 aliphatic heterocycles. The molecule has 1 saturated heterocycles. The van der Waals surface area contributed by atoms with E-state index in [1.165, 1.54) is 16.7 Å². The van der Waals surface area contributed by atoms with E-state index in [1.807, 2.05) is 0 Å². The minimum Gasteiger partial charge on any atom is -0.467 e. The van der Waals surface area contributed by atoms with Crippen molar-refractivity contribution in [1.82, 2.24) is 14.7 Å². The van der Waals surface area contributed by atoms with E-state index < -0.39 is 12.1 Å². The first-order valence-corrected chi connectivity index (χ1v) is 6.23. The van der Waals surface area contributed by atoms with Crippen LogP contribution < -0.4 is 5.73 Å². The number of aryl methyl sites for hydroxylation is 2. The summed E-state index contributed by atoms with van der Waals surface area (Å²) in [5, 5.41) is 4.12. The van der Waals surface area contributed by atoms with Gasteiger partial charge in [-0.2, -0.15) is 5.10 Å². The van der Waals surface area contributed by atoms with Crippen molar-refractivity contribution in [2.45, 2.75) is 13.0 Å². The van der Waals surface area contributed by atoms with Crippen LogP contribution in [-0.4, -0.2) is 59.5 Å². The maximum Gasteiger partial charge on any atom is 0.336 e. The first-order chi connectivity index (χ1) is 9.45. The van der Waals surface area contributed by atoms with Crippen molar-refractivity contribution in [2.75, 3.05) is 32.5 Å². The highest BCUT2D eigenvalue weighted by Gasteiger charge is 2.32. The topological polar surface area (TPSA) is 99.7 Å². The van der Waals surface area contributed by atoms with Crippen LogP contribution in [0.25, 0.3) is 0 Å². The van der Waals surface area contributed by atoms with Gasteiger partial charge in [-0.3, -0.25) is 9.48 Å². The molecule has 0 radical (unpaired) electrons. The molecule has 2 rings (SSSR count). The molecule has 1 aliphatic rings. The van der Waals surface area contributed by atoms with E-state index in [0.717, 1.165) is 0 Å². The number of hydrogen-bond donors (Lipinski definition) is 1. The van der Waals surface area contributed by atoms with Gasteiger partial charge in [0.25, 0.3) is 5.91 Å². The molecule has 0 saturated carbocycles. The lowest BCUT2D eigenvalue weighted by Gasteiger charge is -2.31. The molecule has 110 valence electrons. The van der Waals surface area contributed by atoms with Crippen molar-refractivity contribution >= 4 is 17.6 Å². The first-order valence-electron chi connectivity index (χ1n) is 6.23. The van der Waals surface area contributed by atoms with E-state index in [4.69, 9.17) is 10.5 Å². The maximum atomic E-state index is 12.5. The average Bonchev–Trinajstić information content (AvgIpc) is 2.70. The molecule has 2 heterocycles. The second kappa shape index (κ2) is 5.49. The van der Waals surface area contributed by atoms with Crippen LogP contribution in [0.15, 0.2) is 0 Å². The number of carbonyl (C=O) groups excluding carboxylic acids is 2. The van der Waals surface area contributed by atoms with Gasteiger partial charge in [0, 0.05) is 13.6 Å². The summed E-state index contributed by atoms with van der Waals surface area (Å²) in [6.45, 7) is 2.57. The van der Waals surface area contributed by atoms with Crippen molar-refractivity contribution in [3.63, 3.8) is 0 Å². The number of rotatable bonds is 2. The summed E-state index contributed by atoms with van der Waals surface area (Å²) in [6, 6.07) is 0. The molecule has 1 atom stereocenters. The number of esters is 1. The van der Waals surface area contributed by atoms with E-state index in [9.17, 15) is 9.59 Å². The zero-order valence-corrected chi connectivity index (χ0v) is 11.8. The lowest BCUT2D eigenvalue weighted by molar-refractivity contribution is -0.158. The molecule has 1 fully saturated rings. The Labute approximate surface area is 116 Å². The Balaban J connectivity index is 2.18. The molecule has 8 heteroatoms. The number of anilines is 1. The SMILES string of the molecule is COC(=O)C1CN(C(=O)c2c(N)c(C)nn2C)CCO1. The van der Waals surface area contributed by atoms with E-state index in [2.05, 4.69) is 9.84 Å². The number of amides is 1. The van der Waals surface area contributed by atoms with Crippen molar-refractivity contribution < 1.29 is 19.1 Å². The molecule has 20 heavy (non-hydrogen) atoms. The number of methoxy groups -OCH3 is 1. The minimum atomic E-state index is -0.756. The van der Waals surface area contributed by atoms with Gasteiger partial charge in [0.05, 0.1) is 31.6 Å². The quantitative estimate of drug-likeness (QED) is 0.722. The molecule has 0 aliphatic carbocycles. The van der Waals surface area contributed by atoms with Crippen molar-refractivity contribution in [2.24, 2.45) is 7.05 Å². The Bertz CT molecular complexity index is 540. The highest BCUT2D eigenvalue weighted by Crippen LogP contribution is 2.19. The largest absolute Gasteiger partial charge is 0.467 e. The van der Waals surface area contributed by atoms with Crippen LogP contribution in [0.3, 0.4) is 0 Å². The standard InChI is InChI=1S/C12H18N4O4/c1-7-9(13)10(15(2)14-7)11(17)16-4-5-20-8(6-16)12(18)19-3/h8H,4-6,13H2,1-3H3. The Morgan fingerprint density at radius 1 is 1.50 bits per heavy atom. The number of hydrogen-bond acceptors (Lipinski definition) is 6. The molecule has 1 aromatic heterocycles. The summed E-state index contributed by atoms with van der Waals surface area (Å²) >= 11 is 0. The number of aromatic nitrogens is 2. The fraction of sp³-hybridized carbons (Fsp3) is 0.583. The number of nitrogens with zero attached hydrogens (tertiary/aromatic N) is 3. The number of carbonyl (C=O) groups is 2. The van der Waals surface area contributed by atoms with Crippen LogP contribution >= 0.6 is 0 Å². The molecule has 0 spiro atoms. The molecular formula is C12H18N4O4. The van der Waals surface area contributed by atoms with E-state index >= 15 is 0 Å². The van der Waals surface area contributed by atoms with Crippen LogP contribution in [-0.2, 0) is 21.3 Å². The summed E-state index contributed by atoms with van der Waals surface area (Å²) < 4.78 is 11.4. The highest BCUT2D eigenvalue weighted by molar-refractivity contribution is 5.98. The Morgan fingerprint density at radius 2 is 2.20 bits per heavy atom. The van der Waals surface area contributed by atoms with Crippen LogP contribution in [0.2, 0.25) is 0 Å². The summed E-state index contributed by atoms with van der Waals surface area (Å²) in [5.41, 5.74) is 7.17. The maximum absolute atomic E-state index is 12.5. The van der Waals surface area contributed by atoms with Crippen molar-refractivity contribution in [3.8, 4) is 0 Å². The minimum absolute atomic E-state index is 0.148. The van der Waals surface area contributed by atoms with Gasteiger partial charge in [0.2, 0.25) is 0 Å². The molecule has 2 N–H and O–H groups in total. The van der Waals surface area contributed by atoms with Gasteiger partial charge in [-0.15, -0.1) is 0 Å². The van der Waals surface area contributed by atoms with Gasteiger partial charge in [-0.25, -0.2) is 4.79 Å². The van der Waals surface area contributed by atoms with Crippen LogP contribution in [0.1, 0.15) is 16.2 Å². The number of nitrogens with two attached hydrogens (primary N) is 1. The third-order valence-corrected chi connectivity index (χ3v) is 3.29. The smallest absolute Gasteiger partial charge is 0.336 e. The van der Waals surface area contributed by atoms with Gasteiger partial charge in [-0.1, -0.05) is 0 Å². The lowest BCUT2D eigenvalue weighted by atomic mass is 10.2. The Morgan fingerprint density at radius 3 is 2.75 bits per heavy atom. The normalized spacial score (nSPS) is 18.9. The van der Waals surface area contributed by atoms with Crippen molar-refractivity contribution in [1.29, 1.82) is 0 Å². The summed E-state index contributed by atoms with van der Waals surface area (Å²) in [4.78, 5) is 25.5. The van der Waals surface area contributed by atoms with Gasteiger partial charge in [-0.05, 0) is 6.92 Å². The predicted octanol–water partition coefficient (Wildman–Crippen LogP) is -0.675. The van der Waals surface area contributed by atoms with Gasteiger partial charge >= 0.3 is 5.97 Å². The molecule has 1 unspecified atom stereocenters. The Hall–Kier alpha value is -2.09. The van der Waals surface area contributed by atoms with E-state index in [1.54, 1.807) is 14.0 Å². The summed E-state index contributed by atoms with van der Waals surface area (Å²) in [7, 11) is 2.95. The number of ether oxygens (including phenoxy) is 2. The predicted molar refractivity (Wildman–Crippen MR) is 70.0 cm³/mol. The second-order valence-corrected chi connectivity index (χ2v) is 4.61. The summed E-state index contributed by atoms with van der Waals surface area (Å²) in [6.07, 6.45) is -0.756. The fourth-order valence-electron chi connectivity index (χ4n) is 2.19. The second-order valence-electron chi connectivity index (χ2n) is 4.61. The van der Waals surface area contributed by atoms with Gasteiger partial charge < -0.3 is 20.1 Å². The Kier molecular flexibility index (Phi) is 3.93. The molecule has 0 bridgehead atoms. The zero-order valence-electron chi connectivity index (χ0n) is 11.8. The number of nitrogen functional groups attached to an aromatic ring is 1. The monoisotopic (exact) mass is 282 g/mol. The molecule has 8 nitrogen and oxygen atoms in total. The van der Waals surface area contributed by atoms with Crippen LogP contribution in [0, 0.1) is 6.92 Å². The molecular weight excluding hydrogens is 264 g/mol. The van der Waals surface area contributed by atoms with E-state index in [-0.39, 0.29) is 19.1 Å². The summed E-state index contributed by atoms with van der Waals surface area (Å²) in [5.74, 6) is -0.750. The highest BCUT2D eigenvalue weighted by atomic mass is 16.6. The van der Waals surface area contributed by atoms with Gasteiger partial charge in [0.1, 0.15) is 5.69 Å².